The average molecular weight is 370 g/mol. The molecule has 3 rings (SSSR count). The third-order valence-corrected chi connectivity index (χ3v) is 5.33. The van der Waals surface area contributed by atoms with Gasteiger partial charge in [-0.3, -0.25) is 4.98 Å². The standard InChI is InChI=1S/C22H31N3O2/c1-6-27-22(26)19-13-23-20-16(3)11-15(2)12-18(20)21(19)25-9-7-17(8-10-25)14-24(4)5/h11-13,17H,6-10,14H2,1-5H3. The molecule has 0 N–H and O–H groups in total. The van der Waals surface area contributed by atoms with Crippen molar-refractivity contribution in [3.8, 4) is 0 Å². The van der Waals surface area contributed by atoms with Gasteiger partial charge in [0.2, 0.25) is 0 Å². The summed E-state index contributed by atoms with van der Waals surface area (Å²) < 4.78 is 5.33. The Labute approximate surface area is 162 Å². The van der Waals surface area contributed by atoms with Gasteiger partial charge in [-0.25, -0.2) is 4.79 Å². The predicted molar refractivity (Wildman–Crippen MR) is 111 cm³/mol. The first kappa shape index (κ1) is 19.6. The number of nitrogens with zero attached hydrogens (tertiary/aromatic N) is 3. The molecule has 5 heteroatoms. The Kier molecular flexibility index (Phi) is 6.00. The van der Waals surface area contributed by atoms with Gasteiger partial charge in [0.05, 0.1) is 17.8 Å². The number of rotatable bonds is 5. The first-order valence-electron chi connectivity index (χ1n) is 9.87. The van der Waals surface area contributed by atoms with Gasteiger partial charge >= 0.3 is 5.97 Å². The quantitative estimate of drug-likeness (QED) is 0.750. The molecule has 0 bridgehead atoms. The highest BCUT2D eigenvalue weighted by Crippen LogP contribution is 2.35. The summed E-state index contributed by atoms with van der Waals surface area (Å²) in [5.41, 5.74) is 4.88. The molecular weight excluding hydrogens is 338 g/mol. The SMILES string of the molecule is CCOC(=O)c1cnc2c(C)cc(C)cc2c1N1CCC(CN(C)C)CC1. The van der Waals surface area contributed by atoms with Crippen LogP contribution in [0.15, 0.2) is 18.3 Å². The third kappa shape index (κ3) is 4.24. The molecule has 5 nitrogen and oxygen atoms in total. The molecule has 27 heavy (non-hydrogen) atoms. The molecule has 1 aliphatic heterocycles. The van der Waals surface area contributed by atoms with E-state index >= 15 is 0 Å². The van der Waals surface area contributed by atoms with Crippen LogP contribution in [-0.2, 0) is 4.74 Å². The lowest BCUT2D eigenvalue weighted by molar-refractivity contribution is 0.0526. The van der Waals surface area contributed by atoms with Crippen LogP contribution in [0.25, 0.3) is 10.9 Å². The van der Waals surface area contributed by atoms with E-state index in [9.17, 15) is 4.79 Å². The molecule has 2 aromatic rings. The second-order valence-electron chi connectivity index (χ2n) is 7.91. The van der Waals surface area contributed by atoms with Crippen molar-refractivity contribution in [2.75, 3.05) is 45.2 Å². The fraction of sp³-hybridized carbons (Fsp3) is 0.545. The Morgan fingerprint density at radius 3 is 2.59 bits per heavy atom. The largest absolute Gasteiger partial charge is 0.462 e. The van der Waals surface area contributed by atoms with Crippen molar-refractivity contribution < 1.29 is 9.53 Å². The first-order chi connectivity index (χ1) is 12.9. The second kappa shape index (κ2) is 8.26. The highest BCUT2D eigenvalue weighted by molar-refractivity contribution is 6.06. The van der Waals surface area contributed by atoms with Crippen molar-refractivity contribution >= 4 is 22.6 Å². The van der Waals surface area contributed by atoms with E-state index < -0.39 is 0 Å². The van der Waals surface area contributed by atoms with Gasteiger partial charge in [0, 0.05) is 31.2 Å². The summed E-state index contributed by atoms with van der Waals surface area (Å²) in [4.78, 5) is 21.9. The van der Waals surface area contributed by atoms with Crippen LogP contribution in [0.3, 0.4) is 0 Å². The zero-order valence-electron chi connectivity index (χ0n) is 17.2. The monoisotopic (exact) mass is 369 g/mol. The Bertz CT molecular complexity index is 824. The minimum absolute atomic E-state index is 0.281. The lowest BCUT2D eigenvalue weighted by atomic mass is 9.94. The van der Waals surface area contributed by atoms with Crippen LogP contribution in [0.2, 0.25) is 0 Å². The molecule has 0 unspecified atom stereocenters. The van der Waals surface area contributed by atoms with Crippen LogP contribution >= 0.6 is 0 Å². The minimum Gasteiger partial charge on any atom is -0.462 e. The predicted octanol–water partition coefficient (Wildman–Crippen LogP) is 3.81. The molecule has 0 aliphatic carbocycles. The normalized spacial score (nSPS) is 15.6. The zero-order valence-corrected chi connectivity index (χ0v) is 17.2. The molecule has 0 saturated carbocycles. The molecule has 1 aliphatic rings. The molecule has 2 heterocycles. The Morgan fingerprint density at radius 1 is 1.26 bits per heavy atom. The zero-order chi connectivity index (χ0) is 19.6. The van der Waals surface area contributed by atoms with E-state index in [0.29, 0.717) is 18.1 Å². The van der Waals surface area contributed by atoms with Crippen molar-refractivity contribution in [3.05, 3.63) is 35.0 Å². The Hall–Kier alpha value is -2.14. The van der Waals surface area contributed by atoms with Gasteiger partial charge < -0.3 is 14.5 Å². The third-order valence-electron chi connectivity index (χ3n) is 5.33. The molecule has 0 atom stereocenters. The van der Waals surface area contributed by atoms with Crippen LogP contribution in [0.1, 0.15) is 41.3 Å². The van der Waals surface area contributed by atoms with Crippen LogP contribution in [0, 0.1) is 19.8 Å². The molecule has 0 spiro atoms. The van der Waals surface area contributed by atoms with Gasteiger partial charge in [0.1, 0.15) is 5.56 Å². The molecule has 1 saturated heterocycles. The van der Waals surface area contributed by atoms with E-state index in [1.54, 1.807) is 6.20 Å². The first-order valence-corrected chi connectivity index (χ1v) is 9.87. The van der Waals surface area contributed by atoms with Crippen molar-refractivity contribution in [3.63, 3.8) is 0 Å². The topological polar surface area (TPSA) is 45.7 Å². The van der Waals surface area contributed by atoms with Crippen LogP contribution in [0.4, 0.5) is 5.69 Å². The van der Waals surface area contributed by atoms with Crippen molar-refractivity contribution in [2.45, 2.75) is 33.6 Å². The van der Waals surface area contributed by atoms with E-state index in [-0.39, 0.29) is 5.97 Å². The molecule has 0 amide bonds. The van der Waals surface area contributed by atoms with Gasteiger partial charge in [-0.05, 0) is 65.3 Å². The van der Waals surface area contributed by atoms with Gasteiger partial charge in [0.25, 0.3) is 0 Å². The van der Waals surface area contributed by atoms with Gasteiger partial charge in [-0.1, -0.05) is 11.6 Å². The number of esters is 1. The second-order valence-corrected chi connectivity index (χ2v) is 7.91. The number of pyridine rings is 1. The summed E-state index contributed by atoms with van der Waals surface area (Å²) in [5.74, 6) is 0.426. The smallest absolute Gasteiger partial charge is 0.341 e. The fourth-order valence-corrected chi connectivity index (χ4v) is 4.20. The maximum absolute atomic E-state index is 12.6. The number of aromatic nitrogens is 1. The van der Waals surface area contributed by atoms with Crippen LogP contribution in [0.5, 0.6) is 0 Å². The van der Waals surface area contributed by atoms with E-state index in [4.69, 9.17) is 4.74 Å². The van der Waals surface area contributed by atoms with Crippen LogP contribution < -0.4 is 4.90 Å². The molecule has 146 valence electrons. The molecule has 1 aromatic carbocycles. The number of hydrogen-bond donors (Lipinski definition) is 0. The molecular formula is C22H31N3O2. The number of fused-ring (bicyclic) bond motifs is 1. The fourth-order valence-electron chi connectivity index (χ4n) is 4.20. The van der Waals surface area contributed by atoms with Crippen molar-refractivity contribution in [1.29, 1.82) is 0 Å². The Balaban J connectivity index is 2.03. The van der Waals surface area contributed by atoms with E-state index in [0.717, 1.165) is 54.6 Å². The van der Waals surface area contributed by atoms with Gasteiger partial charge in [0.15, 0.2) is 0 Å². The number of hydrogen-bond acceptors (Lipinski definition) is 5. The highest BCUT2D eigenvalue weighted by atomic mass is 16.5. The summed E-state index contributed by atoms with van der Waals surface area (Å²) in [6.45, 7) is 9.42. The number of benzene rings is 1. The lowest BCUT2D eigenvalue weighted by Crippen LogP contribution is -2.38. The molecule has 1 fully saturated rings. The average Bonchev–Trinajstić information content (AvgIpc) is 2.61. The number of ether oxygens (including phenoxy) is 1. The van der Waals surface area contributed by atoms with Gasteiger partial charge in [-0.2, -0.15) is 0 Å². The van der Waals surface area contributed by atoms with E-state index in [2.05, 4.69) is 54.9 Å². The highest BCUT2D eigenvalue weighted by Gasteiger charge is 2.26. The number of carbonyl (C=O) groups is 1. The van der Waals surface area contributed by atoms with E-state index in [1.807, 2.05) is 6.92 Å². The Morgan fingerprint density at radius 2 is 1.96 bits per heavy atom. The summed E-state index contributed by atoms with van der Waals surface area (Å²) in [6, 6.07) is 4.30. The number of aryl methyl sites for hydroxylation is 2. The molecule has 0 radical (unpaired) electrons. The van der Waals surface area contributed by atoms with Crippen molar-refractivity contribution in [2.24, 2.45) is 5.92 Å². The lowest BCUT2D eigenvalue weighted by Gasteiger charge is -2.36. The van der Waals surface area contributed by atoms with Crippen LogP contribution in [-0.4, -0.2) is 56.2 Å². The minimum atomic E-state index is -0.281. The number of carbonyl (C=O) groups excluding carboxylic acids is 1. The maximum Gasteiger partial charge on any atom is 0.341 e. The number of anilines is 1. The number of piperidine rings is 1. The summed E-state index contributed by atoms with van der Waals surface area (Å²) in [6.07, 6.45) is 3.97. The van der Waals surface area contributed by atoms with Gasteiger partial charge in [-0.15, -0.1) is 0 Å². The maximum atomic E-state index is 12.6. The molecule has 1 aromatic heterocycles. The van der Waals surface area contributed by atoms with E-state index in [1.165, 1.54) is 5.56 Å². The summed E-state index contributed by atoms with van der Waals surface area (Å²) in [5, 5.41) is 1.06. The summed E-state index contributed by atoms with van der Waals surface area (Å²) in [7, 11) is 4.26. The van der Waals surface area contributed by atoms with Crippen molar-refractivity contribution in [1.82, 2.24) is 9.88 Å². The summed E-state index contributed by atoms with van der Waals surface area (Å²) >= 11 is 0.